The van der Waals surface area contributed by atoms with Crippen molar-refractivity contribution in [2.75, 3.05) is 25.0 Å². The van der Waals surface area contributed by atoms with E-state index in [1.165, 1.54) is 11.0 Å². The van der Waals surface area contributed by atoms with Gasteiger partial charge in [-0.2, -0.15) is 0 Å². The smallest absolute Gasteiger partial charge is 0.414 e. The zero-order valence-electron chi connectivity index (χ0n) is 18.3. The maximum atomic E-state index is 12.7. The fourth-order valence-corrected chi connectivity index (χ4v) is 4.33. The number of aromatic nitrogens is 1. The molecule has 1 heterocycles. The van der Waals surface area contributed by atoms with Gasteiger partial charge in [0.15, 0.2) is 5.69 Å². The summed E-state index contributed by atoms with van der Waals surface area (Å²) in [5.74, 6) is -1.49. The van der Waals surface area contributed by atoms with E-state index in [0.29, 0.717) is 12.5 Å². The molecule has 0 aliphatic heterocycles. The van der Waals surface area contributed by atoms with Gasteiger partial charge in [0.1, 0.15) is 13.2 Å². The summed E-state index contributed by atoms with van der Waals surface area (Å²) >= 11 is 0. The number of rotatable bonds is 8. The molecule has 34 heavy (non-hydrogen) atoms. The van der Waals surface area contributed by atoms with Crippen molar-refractivity contribution in [3.05, 3.63) is 71.4 Å². The lowest BCUT2D eigenvalue weighted by atomic mass is 9.98. The first-order valence-corrected chi connectivity index (χ1v) is 11.1. The lowest BCUT2D eigenvalue weighted by Gasteiger charge is -2.18. The molecule has 0 spiro atoms. The molecule has 1 aromatic heterocycles. The van der Waals surface area contributed by atoms with Gasteiger partial charge in [-0.25, -0.2) is 4.79 Å². The molecular weight excluding hydrogens is 438 g/mol. The number of carbonyl (C=O) groups is 3. The second kappa shape index (κ2) is 9.01. The van der Waals surface area contributed by atoms with Crippen LogP contribution in [0.1, 0.15) is 40.4 Å². The summed E-state index contributed by atoms with van der Waals surface area (Å²) in [6, 6.07) is 17.3. The number of carbonyl (C=O) groups excluding carboxylic acids is 2. The van der Waals surface area contributed by atoms with Crippen molar-refractivity contribution in [3.8, 4) is 11.1 Å². The SMILES string of the molecule is O=C(O)CN(CC1CC1)C(=O)c1cc(NC(=O)OCC2c3ccccc3-c3ccccc32)on1. The number of hydrogen-bond acceptors (Lipinski definition) is 6. The molecule has 2 aliphatic rings. The van der Waals surface area contributed by atoms with Crippen LogP contribution >= 0.6 is 0 Å². The minimum atomic E-state index is -1.10. The van der Waals surface area contributed by atoms with E-state index in [1.807, 2.05) is 36.4 Å². The minimum Gasteiger partial charge on any atom is -0.480 e. The van der Waals surface area contributed by atoms with Crippen LogP contribution in [-0.4, -0.2) is 52.8 Å². The van der Waals surface area contributed by atoms with Crippen LogP contribution in [0.2, 0.25) is 0 Å². The van der Waals surface area contributed by atoms with Gasteiger partial charge in [-0.1, -0.05) is 53.7 Å². The van der Waals surface area contributed by atoms with Gasteiger partial charge >= 0.3 is 12.1 Å². The van der Waals surface area contributed by atoms with Gasteiger partial charge in [-0.05, 0) is 41.0 Å². The zero-order chi connectivity index (χ0) is 23.7. The summed E-state index contributed by atoms with van der Waals surface area (Å²) in [6.45, 7) is 0.0675. The van der Waals surface area contributed by atoms with Gasteiger partial charge in [0.05, 0.1) is 0 Å². The normalized spacial score (nSPS) is 14.2. The largest absolute Gasteiger partial charge is 0.480 e. The highest BCUT2D eigenvalue weighted by molar-refractivity contribution is 5.95. The van der Waals surface area contributed by atoms with E-state index < -0.39 is 24.5 Å². The maximum absolute atomic E-state index is 12.7. The summed E-state index contributed by atoms with van der Waals surface area (Å²) < 4.78 is 10.5. The molecule has 5 rings (SSSR count). The molecule has 9 heteroatoms. The standard InChI is InChI=1S/C25H23N3O6/c29-23(30)13-28(12-15-9-10-15)24(31)21-11-22(34-27-21)26-25(32)33-14-20-18-7-3-1-5-16(18)17-6-2-4-8-19(17)20/h1-8,11,15,20H,9-10,12-14H2,(H,26,32)(H,29,30). The molecule has 1 saturated carbocycles. The number of aliphatic carboxylic acids is 1. The van der Waals surface area contributed by atoms with Crippen molar-refractivity contribution in [2.45, 2.75) is 18.8 Å². The number of anilines is 1. The Morgan fingerprint density at radius 1 is 1.06 bits per heavy atom. The number of benzene rings is 2. The van der Waals surface area contributed by atoms with Crippen molar-refractivity contribution >= 4 is 23.9 Å². The quantitative estimate of drug-likeness (QED) is 0.520. The molecule has 2 aliphatic carbocycles. The third kappa shape index (κ3) is 4.50. The van der Waals surface area contributed by atoms with Crippen molar-refractivity contribution in [2.24, 2.45) is 5.92 Å². The predicted molar refractivity (Wildman–Crippen MR) is 121 cm³/mol. The average molecular weight is 461 g/mol. The first-order valence-electron chi connectivity index (χ1n) is 11.1. The lowest BCUT2D eigenvalue weighted by Crippen LogP contribution is -2.37. The molecule has 2 N–H and O–H groups in total. The summed E-state index contributed by atoms with van der Waals surface area (Å²) in [4.78, 5) is 37.4. The average Bonchev–Trinajstić information content (AvgIpc) is 3.43. The summed E-state index contributed by atoms with van der Waals surface area (Å²) in [5.41, 5.74) is 4.37. The number of hydrogen-bond donors (Lipinski definition) is 2. The molecular formula is C25H23N3O6. The van der Waals surface area contributed by atoms with E-state index in [1.54, 1.807) is 0 Å². The number of fused-ring (bicyclic) bond motifs is 3. The third-order valence-electron chi connectivity index (χ3n) is 6.09. The molecule has 9 nitrogen and oxygen atoms in total. The van der Waals surface area contributed by atoms with Gasteiger partial charge in [-0.15, -0.1) is 0 Å². The Bertz CT molecular complexity index is 1200. The Morgan fingerprint density at radius 3 is 2.32 bits per heavy atom. The van der Waals surface area contributed by atoms with E-state index in [2.05, 4.69) is 22.6 Å². The van der Waals surface area contributed by atoms with Crippen LogP contribution in [-0.2, 0) is 9.53 Å². The highest BCUT2D eigenvalue weighted by Gasteiger charge is 2.31. The molecule has 174 valence electrons. The molecule has 2 amide bonds. The van der Waals surface area contributed by atoms with Crippen molar-refractivity contribution in [3.63, 3.8) is 0 Å². The third-order valence-corrected chi connectivity index (χ3v) is 6.09. The van der Waals surface area contributed by atoms with Crippen LogP contribution < -0.4 is 5.32 Å². The number of nitrogens with zero attached hydrogens (tertiary/aromatic N) is 2. The number of amides is 2. The van der Waals surface area contributed by atoms with Crippen LogP contribution in [0.3, 0.4) is 0 Å². The van der Waals surface area contributed by atoms with Crippen molar-refractivity contribution in [1.82, 2.24) is 10.1 Å². The van der Waals surface area contributed by atoms with Crippen molar-refractivity contribution in [1.29, 1.82) is 0 Å². The first kappa shape index (κ1) is 21.7. The monoisotopic (exact) mass is 461 g/mol. The molecule has 0 saturated heterocycles. The number of ether oxygens (including phenoxy) is 1. The Balaban J connectivity index is 1.21. The number of carboxylic acids is 1. The molecule has 1 fully saturated rings. The van der Waals surface area contributed by atoms with Gasteiger partial charge in [0, 0.05) is 18.5 Å². The predicted octanol–water partition coefficient (Wildman–Crippen LogP) is 3.97. The summed E-state index contributed by atoms with van der Waals surface area (Å²) in [5, 5.41) is 15.2. The summed E-state index contributed by atoms with van der Waals surface area (Å²) in [6.07, 6.45) is 1.20. The van der Waals surface area contributed by atoms with E-state index >= 15 is 0 Å². The number of carboxylic acid groups (broad SMARTS) is 1. The van der Waals surface area contributed by atoms with E-state index in [-0.39, 0.29) is 24.1 Å². The second-order valence-corrected chi connectivity index (χ2v) is 8.55. The van der Waals surface area contributed by atoms with E-state index in [4.69, 9.17) is 14.4 Å². The Hall–Kier alpha value is -4.14. The minimum absolute atomic E-state index is 0.0535. The molecule has 0 radical (unpaired) electrons. The van der Waals surface area contributed by atoms with E-state index in [0.717, 1.165) is 35.1 Å². The maximum Gasteiger partial charge on any atom is 0.414 e. The lowest BCUT2D eigenvalue weighted by molar-refractivity contribution is -0.137. The molecule has 0 atom stereocenters. The van der Waals surface area contributed by atoms with Crippen LogP contribution in [0, 0.1) is 5.92 Å². The van der Waals surface area contributed by atoms with Gasteiger partial charge in [0.2, 0.25) is 5.88 Å². The Kier molecular flexibility index (Phi) is 5.75. The van der Waals surface area contributed by atoms with Gasteiger partial charge in [0.25, 0.3) is 5.91 Å². The Labute approximate surface area is 195 Å². The Morgan fingerprint density at radius 2 is 1.71 bits per heavy atom. The van der Waals surface area contributed by atoms with Crippen molar-refractivity contribution < 1.29 is 28.8 Å². The highest BCUT2D eigenvalue weighted by atomic mass is 16.6. The molecule has 2 aromatic carbocycles. The highest BCUT2D eigenvalue weighted by Crippen LogP contribution is 2.44. The van der Waals surface area contributed by atoms with Crippen LogP contribution in [0.15, 0.2) is 59.1 Å². The fourth-order valence-electron chi connectivity index (χ4n) is 4.33. The molecule has 0 bridgehead atoms. The van der Waals surface area contributed by atoms with E-state index in [9.17, 15) is 14.4 Å². The topological polar surface area (TPSA) is 122 Å². The van der Waals surface area contributed by atoms with Crippen LogP contribution in [0.25, 0.3) is 11.1 Å². The van der Waals surface area contributed by atoms with Gasteiger partial charge < -0.3 is 19.3 Å². The molecule has 3 aromatic rings. The first-order chi connectivity index (χ1) is 16.5. The van der Waals surface area contributed by atoms with Gasteiger partial charge in [-0.3, -0.25) is 14.9 Å². The zero-order valence-corrected chi connectivity index (χ0v) is 18.3. The van der Waals surface area contributed by atoms with Crippen LogP contribution in [0.5, 0.6) is 0 Å². The number of nitrogens with one attached hydrogen (secondary N) is 1. The fraction of sp³-hybridized carbons (Fsp3) is 0.280. The van der Waals surface area contributed by atoms with Crippen LogP contribution in [0.4, 0.5) is 10.7 Å². The molecule has 0 unspecified atom stereocenters. The summed E-state index contributed by atoms with van der Waals surface area (Å²) in [7, 11) is 0. The second-order valence-electron chi connectivity index (χ2n) is 8.55.